The second-order valence-electron chi connectivity index (χ2n) is 6.10. The van der Waals surface area contributed by atoms with Gasteiger partial charge in [0.2, 0.25) is 0 Å². The minimum atomic E-state index is 0.536. The minimum Gasteiger partial charge on any atom is -0.370 e. The van der Waals surface area contributed by atoms with Crippen molar-refractivity contribution in [2.75, 3.05) is 38.6 Å². The van der Waals surface area contributed by atoms with Gasteiger partial charge < -0.3 is 15.1 Å². The van der Waals surface area contributed by atoms with E-state index in [2.05, 4.69) is 67.3 Å². The fourth-order valence-corrected chi connectivity index (χ4v) is 2.79. The van der Waals surface area contributed by atoms with Gasteiger partial charge in [0.05, 0.1) is 0 Å². The van der Waals surface area contributed by atoms with Crippen LogP contribution in [-0.4, -0.2) is 50.7 Å². The third-order valence-electron chi connectivity index (χ3n) is 3.78. The molecule has 0 bridgehead atoms. The third kappa shape index (κ3) is 4.22. The average Bonchev–Trinajstić information content (AvgIpc) is 2.51. The molecule has 1 N–H and O–H groups in total. The van der Waals surface area contributed by atoms with Crippen LogP contribution in [0.25, 0.3) is 0 Å². The SMILES string of the molecule is Cc1ccc(N2CCC(C)NC(CN(C)C)C2)cc1. The summed E-state index contributed by atoms with van der Waals surface area (Å²) in [6.45, 7) is 7.76. The second kappa shape index (κ2) is 6.40. The number of hydrogen-bond acceptors (Lipinski definition) is 3. The number of rotatable bonds is 3. The lowest BCUT2D eigenvalue weighted by Gasteiger charge is -2.28. The predicted molar refractivity (Wildman–Crippen MR) is 82.9 cm³/mol. The zero-order chi connectivity index (χ0) is 13.8. The largest absolute Gasteiger partial charge is 0.370 e. The lowest BCUT2D eigenvalue weighted by Crippen LogP contribution is -2.46. The first kappa shape index (κ1) is 14.4. The van der Waals surface area contributed by atoms with Gasteiger partial charge in [-0.05, 0) is 46.5 Å². The van der Waals surface area contributed by atoms with Crippen molar-refractivity contribution < 1.29 is 0 Å². The van der Waals surface area contributed by atoms with Gasteiger partial charge in [-0.25, -0.2) is 0 Å². The fourth-order valence-electron chi connectivity index (χ4n) is 2.79. The van der Waals surface area contributed by atoms with Crippen LogP contribution in [-0.2, 0) is 0 Å². The highest BCUT2D eigenvalue weighted by atomic mass is 15.2. The van der Waals surface area contributed by atoms with Gasteiger partial charge in [0, 0.05) is 37.4 Å². The van der Waals surface area contributed by atoms with Crippen molar-refractivity contribution in [2.45, 2.75) is 32.4 Å². The van der Waals surface area contributed by atoms with Crippen molar-refractivity contribution in [3.8, 4) is 0 Å². The van der Waals surface area contributed by atoms with Crippen LogP contribution >= 0.6 is 0 Å². The highest BCUT2D eigenvalue weighted by Crippen LogP contribution is 2.18. The molecule has 0 aliphatic carbocycles. The Balaban J connectivity index is 2.09. The van der Waals surface area contributed by atoms with Gasteiger partial charge in [-0.15, -0.1) is 0 Å². The van der Waals surface area contributed by atoms with Gasteiger partial charge in [-0.1, -0.05) is 17.7 Å². The first-order valence-electron chi connectivity index (χ1n) is 7.27. The Labute approximate surface area is 117 Å². The standard InChI is InChI=1S/C16H27N3/c1-13-5-7-16(8-6-13)19-10-9-14(2)17-15(12-19)11-18(3)4/h5-8,14-15,17H,9-12H2,1-4H3. The molecule has 0 aromatic heterocycles. The van der Waals surface area contributed by atoms with Crippen LogP contribution < -0.4 is 10.2 Å². The summed E-state index contributed by atoms with van der Waals surface area (Å²) in [5, 5.41) is 3.74. The third-order valence-corrected chi connectivity index (χ3v) is 3.78. The van der Waals surface area contributed by atoms with Crippen LogP contribution in [0.4, 0.5) is 5.69 Å². The second-order valence-corrected chi connectivity index (χ2v) is 6.10. The lowest BCUT2D eigenvalue weighted by molar-refractivity contribution is 0.330. The zero-order valence-electron chi connectivity index (χ0n) is 12.7. The topological polar surface area (TPSA) is 18.5 Å². The van der Waals surface area contributed by atoms with Crippen LogP contribution in [0, 0.1) is 6.92 Å². The van der Waals surface area contributed by atoms with E-state index in [1.807, 2.05) is 0 Å². The molecule has 0 spiro atoms. The molecule has 1 saturated heterocycles. The van der Waals surface area contributed by atoms with Crippen molar-refractivity contribution in [1.82, 2.24) is 10.2 Å². The summed E-state index contributed by atoms with van der Waals surface area (Å²) in [7, 11) is 4.29. The van der Waals surface area contributed by atoms with Crippen molar-refractivity contribution in [3.05, 3.63) is 29.8 Å². The van der Waals surface area contributed by atoms with Gasteiger partial charge in [-0.2, -0.15) is 0 Å². The van der Waals surface area contributed by atoms with E-state index in [1.165, 1.54) is 17.7 Å². The van der Waals surface area contributed by atoms with E-state index in [4.69, 9.17) is 0 Å². The van der Waals surface area contributed by atoms with Crippen molar-refractivity contribution in [1.29, 1.82) is 0 Å². The Hall–Kier alpha value is -1.06. The maximum Gasteiger partial charge on any atom is 0.0373 e. The molecule has 3 nitrogen and oxygen atoms in total. The number of nitrogens with zero attached hydrogens (tertiary/aromatic N) is 2. The molecule has 2 atom stereocenters. The Morgan fingerprint density at radius 3 is 2.58 bits per heavy atom. The normalized spacial score (nSPS) is 24.6. The molecule has 1 aromatic carbocycles. The highest BCUT2D eigenvalue weighted by molar-refractivity contribution is 5.47. The molecule has 0 saturated carbocycles. The number of aryl methyl sites for hydroxylation is 1. The molecule has 1 fully saturated rings. The van der Waals surface area contributed by atoms with E-state index in [0.717, 1.165) is 19.6 Å². The summed E-state index contributed by atoms with van der Waals surface area (Å²) in [5.41, 5.74) is 2.68. The number of hydrogen-bond donors (Lipinski definition) is 1. The molecule has 2 rings (SSSR count). The summed E-state index contributed by atoms with van der Waals surface area (Å²) in [6.07, 6.45) is 1.21. The number of anilines is 1. The molecular weight excluding hydrogens is 234 g/mol. The number of nitrogens with one attached hydrogen (secondary N) is 1. The maximum atomic E-state index is 3.74. The molecule has 2 unspecified atom stereocenters. The van der Waals surface area contributed by atoms with E-state index in [-0.39, 0.29) is 0 Å². The molecule has 1 heterocycles. The summed E-state index contributed by atoms with van der Waals surface area (Å²) in [6, 6.07) is 10.0. The van der Waals surface area contributed by atoms with E-state index >= 15 is 0 Å². The molecule has 0 amide bonds. The zero-order valence-corrected chi connectivity index (χ0v) is 12.7. The summed E-state index contributed by atoms with van der Waals surface area (Å²) >= 11 is 0. The Morgan fingerprint density at radius 2 is 1.95 bits per heavy atom. The van der Waals surface area contributed by atoms with Crippen LogP contribution in [0.1, 0.15) is 18.9 Å². The number of benzene rings is 1. The van der Waals surface area contributed by atoms with Crippen molar-refractivity contribution in [2.24, 2.45) is 0 Å². The highest BCUT2D eigenvalue weighted by Gasteiger charge is 2.21. The molecule has 1 aliphatic heterocycles. The molecule has 3 heteroatoms. The van der Waals surface area contributed by atoms with E-state index < -0.39 is 0 Å². The lowest BCUT2D eigenvalue weighted by atomic mass is 10.2. The van der Waals surface area contributed by atoms with Crippen LogP contribution in [0.15, 0.2) is 24.3 Å². The molecule has 1 aromatic rings. The quantitative estimate of drug-likeness (QED) is 0.899. The molecule has 106 valence electrons. The fraction of sp³-hybridized carbons (Fsp3) is 0.625. The monoisotopic (exact) mass is 261 g/mol. The van der Waals surface area contributed by atoms with Crippen molar-refractivity contribution in [3.63, 3.8) is 0 Å². The first-order valence-corrected chi connectivity index (χ1v) is 7.27. The summed E-state index contributed by atoms with van der Waals surface area (Å²) in [5.74, 6) is 0. The average molecular weight is 261 g/mol. The molecule has 19 heavy (non-hydrogen) atoms. The first-order chi connectivity index (χ1) is 9.04. The van der Waals surface area contributed by atoms with Gasteiger partial charge in [0.25, 0.3) is 0 Å². The van der Waals surface area contributed by atoms with Gasteiger partial charge in [0.1, 0.15) is 0 Å². The van der Waals surface area contributed by atoms with E-state index in [9.17, 15) is 0 Å². The Morgan fingerprint density at radius 1 is 1.26 bits per heavy atom. The molecule has 0 radical (unpaired) electrons. The Bertz CT molecular complexity index is 385. The van der Waals surface area contributed by atoms with Gasteiger partial charge in [0.15, 0.2) is 0 Å². The van der Waals surface area contributed by atoms with Gasteiger partial charge in [-0.3, -0.25) is 0 Å². The van der Waals surface area contributed by atoms with E-state index in [0.29, 0.717) is 12.1 Å². The molecule has 1 aliphatic rings. The Kier molecular flexibility index (Phi) is 4.83. The van der Waals surface area contributed by atoms with Crippen LogP contribution in [0.2, 0.25) is 0 Å². The van der Waals surface area contributed by atoms with Crippen molar-refractivity contribution >= 4 is 5.69 Å². The number of likely N-dealkylation sites (N-methyl/N-ethyl adjacent to an activating group) is 1. The predicted octanol–water partition coefficient (Wildman–Crippen LogP) is 2.11. The smallest absolute Gasteiger partial charge is 0.0373 e. The summed E-state index contributed by atoms with van der Waals surface area (Å²) < 4.78 is 0. The summed E-state index contributed by atoms with van der Waals surface area (Å²) in [4.78, 5) is 4.78. The van der Waals surface area contributed by atoms with Crippen LogP contribution in [0.5, 0.6) is 0 Å². The van der Waals surface area contributed by atoms with E-state index in [1.54, 1.807) is 0 Å². The minimum absolute atomic E-state index is 0.536. The maximum absolute atomic E-state index is 3.74. The molecular formula is C16H27N3. The van der Waals surface area contributed by atoms with Gasteiger partial charge >= 0.3 is 0 Å². The van der Waals surface area contributed by atoms with Crippen LogP contribution in [0.3, 0.4) is 0 Å².